The van der Waals surface area contributed by atoms with E-state index < -0.39 is 59.0 Å². The summed E-state index contributed by atoms with van der Waals surface area (Å²) in [5, 5.41) is 31.5. The second kappa shape index (κ2) is 5.23. The number of cyclic esters (lactones) is 1. The van der Waals surface area contributed by atoms with Crippen LogP contribution in [0.3, 0.4) is 0 Å². The molecule has 8 heteroatoms. The van der Waals surface area contributed by atoms with Gasteiger partial charge < -0.3 is 34.3 Å². The number of aliphatic hydroxyl groups excluding tert-OH is 3. The van der Waals surface area contributed by atoms with Gasteiger partial charge in [-0.15, -0.1) is 0 Å². The molecule has 4 aliphatic rings. The maximum absolute atomic E-state index is 13.1. The number of hydrogen-bond donors (Lipinski definition) is 3. The summed E-state index contributed by atoms with van der Waals surface area (Å²) in [4.78, 5) is 24.6. The highest BCUT2D eigenvalue weighted by Gasteiger charge is 2.84. The molecule has 3 saturated heterocycles. The molecule has 4 rings (SSSR count). The van der Waals surface area contributed by atoms with Gasteiger partial charge in [0.15, 0.2) is 18.2 Å². The zero-order chi connectivity index (χ0) is 18.2. The van der Waals surface area contributed by atoms with Crippen LogP contribution in [0.25, 0.3) is 0 Å². The maximum atomic E-state index is 13.1. The lowest BCUT2D eigenvalue weighted by Gasteiger charge is -2.49. The minimum atomic E-state index is -1.57. The molecular formula is C17H24O8. The van der Waals surface area contributed by atoms with Crippen molar-refractivity contribution in [2.45, 2.75) is 63.5 Å². The van der Waals surface area contributed by atoms with Gasteiger partial charge in [0.2, 0.25) is 0 Å². The Labute approximate surface area is 145 Å². The molecular weight excluding hydrogens is 332 g/mol. The fourth-order valence-corrected chi connectivity index (χ4v) is 6.12. The summed E-state index contributed by atoms with van der Waals surface area (Å²) in [7, 11) is 0. The first-order chi connectivity index (χ1) is 11.8. The van der Waals surface area contributed by atoms with E-state index in [2.05, 4.69) is 0 Å². The van der Waals surface area contributed by atoms with Crippen molar-refractivity contribution in [3.63, 3.8) is 0 Å². The highest BCUT2D eigenvalue weighted by Crippen LogP contribution is 2.73. The van der Waals surface area contributed by atoms with Crippen LogP contribution in [-0.4, -0.2) is 64.6 Å². The van der Waals surface area contributed by atoms with E-state index in [9.17, 15) is 24.9 Å². The third-order valence-electron chi connectivity index (χ3n) is 7.32. The van der Waals surface area contributed by atoms with Crippen molar-refractivity contribution in [1.82, 2.24) is 0 Å². The second-order valence-corrected chi connectivity index (χ2v) is 8.05. The van der Waals surface area contributed by atoms with E-state index in [4.69, 9.17) is 14.2 Å². The van der Waals surface area contributed by atoms with Crippen LogP contribution in [0.4, 0.5) is 0 Å². The van der Waals surface area contributed by atoms with Gasteiger partial charge in [-0.3, -0.25) is 0 Å². The smallest absolute Gasteiger partial charge is 0.339 e. The van der Waals surface area contributed by atoms with Gasteiger partial charge in [-0.25, -0.2) is 4.79 Å². The molecule has 7 unspecified atom stereocenters. The molecule has 0 aromatic heterocycles. The number of ether oxygens (including phenoxy) is 3. The van der Waals surface area contributed by atoms with Crippen LogP contribution >= 0.6 is 0 Å². The highest BCUT2D eigenvalue weighted by atomic mass is 16.7. The van der Waals surface area contributed by atoms with E-state index >= 15 is 0 Å². The Morgan fingerprint density at radius 2 is 2.08 bits per heavy atom. The molecule has 0 spiro atoms. The van der Waals surface area contributed by atoms with Crippen molar-refractivity contribution in [2.24, 2.45) is 22.7 Å². The van der Waals surface area contributed by atoms with E-state index in [1.165, 1.54) is 0 Å². The molecule has 1 aliphatic carbocycles. The average molecular weight is 356 g/mol. The molecule has 9 atom stereocenters. The van der Waals surface area contributed by atoms with Crippen molar-refractivity contribution in [3.05, 3.63) is 0 Å². The average Bonchev–Trinajstić information content (AvgIpc) is 3.06. The zero-order valence-corrected chi connectivity index (χ0v) is 14.3. The lowest BCUT2D eigenvalue weighted by atomic mass is 9.53. The van der Waals surface area contributed by atoms with E-state index in [1.54, 1.807) is 13.8 Å². The predicted octanol–water partition coefficient (Wildman–Crippen LogP) is -0.663. The van der Waals surface area contributed by atoms with Crippen LogP contribution in [0.1, 0.15) is 33.1 Å². The van der Waals surface area contributed by atoms with Crippen LogP contribution in [0.2, 0.25) is 0 Å². The Bertz CT molecular complexity index is 609. The summed E-state index contributed by atoms with van der Waals surface area (Å²) >= 11 is 0. The summed E-state index contributed by atoms with van der Waals surface area (Å²) < 4.78 is 16.9. The van der Waals surface area contributed by atoms with Gasteiger partial charge in [0.25, 0.3) is 0 Å². The first kappa shape index (κ1) is 17.4. The molecule has 8 nitrogen and oxygen atoms in total. The van der Waals surface area contributed by atoms with Crippen LogP contribution < -0.4 is 0 Å². The summed E-state index contributed by atoms with van der Waals surface area (Å²) in [6, 6.07) is 0. The first-order valence-corrected chi connectivity index (χ1v) is 8.76. The second-order valence-electron chi connectivity index (χ2n) is 8.05. The summed E-state index contributed by atoms with van der Waals surface area (Å²) in [6.07, 6.45) is -3.16. The molecule has 140 valence electrons. The standard InChI is InChI=1S/C17H24O8/c1-8-11-9(24-12(8)20)6-15(2)16(10(19)7-18)4-3-5-23-14(22)17(11,15)25-13(16)21/h7-13,19-21H,3-6H2,1-2H3/t8-,9?,10-,11?,12?,13?,15?,16?,17?/m0/s1. The van der Waals surface area contributed by atoms with E-state index in [-0.39, 0.29) is 19.4 Å². The number of hydrogen-bond acceptors (Lipinski definition) is 8. The van der Waals surface area contributed by atoms with Crippen molar-refractivity contribution in [3.8, 4) is 0 Å². The molecule has 3 N–H and O–H groups in total. The molecule has 0 radical (unpaired) electrons. The minimum Gasteiger partial charge on any atom is -0.464 e. The Morgan fingerprint density at radius 3 is 2.76 bits per heavy atom. The lowest BCUT2D eigenvalue weighted by Crippen LogP contribution is -2.61. The first-order valence-electron chi connectivity index (χ1n) is 8.76. The number of carbonyl (C=O) groups is 2. The van der Waals surface area contributed by atoms with Gasteiger partial charge >= 0.3 is 5.97 Å². The number of aldehydes is 1. The maximum Gasteiger partial charge on any atom is 0.339 e. The molecule has 3 aliphatic heterocycles. The summed E-state index contributed by atoms with van der Waals surface area (Å²) in [6.45, 7) is 3.63. The van der Waals surface area contributed by atoms with Crippen LogP contribution in [-0.2, 0) is 23.8 Å². The number of rotatable bonds is 2. The summed E-state index contributed by atoms with van der Waals surface area (Å²) in [5.74, 6) is -1.57. The number of fused-ring (bicyclic) bond motifs is 1. The normalized spacial score (nSPS) is 55.7. The Balaban J connectivity index is 1.95. The Kier molecular flexibility index (Phi) is 3.63. The molecule has 1 saturated carbocycles. The topological polar surface area (TPSA) is 123 Å². The third-order valence-corrected chi connectivity index (χ3v) is 7.32. The fourth-order valence-electron chi connectivity index (χ4n) is 6.12. The fraction of sp³-hybridized carbons (Fsp3) is 0.882. The number of esters is 1. The predicted molar refractivity (Wildman–Crippen MR) is 80.8 cm³/mol. The molecule has 3 heterocycles. The van der Waals surface area contributed by atoms with Crippen LogP contribution in [0.5, 0.6) is 0 Å². The van der Waals surface area contributed by atoms with Gasteiger partial charge in [-0.2, -0.15) is 0 Å². The van der Waals surface area contributed by atoms with Gasteiger partial charge in [-0.05, 0) is 19.3 Å². The largest absolute Gasteiger partial charge is 0.464 e. The molecule has 4 fully saturated rings. The van der Waals surface area contributed by atoms with E-state index in [0.717, 1.165) is 0 Å². The Morgan fingerprint density at radius 1 is 1.36 bits per heavy atom. The van der Waals surface area contributed by atoms with Gasteiger partial charge in [0, 0.05) is 17.3 Å². The molecule has 0 aromatic rings. The van der Waals surface area contributed by atoms with Crippen molar-refractivity contribution >= 4 is 12.3 Å². The molecule has 25 heavy (non-hydrogen) atoms. The SMILES string of the molecule is C[C@@H]1C(O)OC2CC3(C)C4(OC(O)C3([C@@H](O)C=O)CCCOC4=O)C21. The third kappa shape index (κ3) is 1.70. The quantitative estimate of drug-likeness (QED) is 0.440. The number of aliphatic hydroxyl groups is 3. The van der Waals surface area contributed by atoms with E-state index in [0.29, 0.717) is 12.7 Å². The van der Waals surface area contributed by atoms with Crippen LogP contribution in [0.15, 0.2) is 0 Å². The van der Waals surface area contributed by atoms with Gasteiger partial charge in [-0.1, -0.05) is 13.8 Å². The Hall–Kier alpha value is -1.06. The van der Waals surface area contributed by atoms with Gasteiger partial charge in [0.1, 0.15) is 12.4 Å². The lowest BCUT2D eigenvalue weighted by molar-refractivity contribution is -0.210. The summed E-state index contributed by atoms with van der Waals surface area (Å²) in [5.41, 5.74) is -3.97. The van der Waals surface area contributed by atoms with Crippen LogP contribution in [0, 0.1) is 22.7 Å². The van der Waals surface area contributed by atoms with Crippen molar-refractivity contribution < 1.29 is 39.1 Å². The molecule has 0 aromatic carbocycles. The van der Waals surface area contributed by atoms with E-state index in [1.807, 2.05) is 0 Å². The highest BCUT2D eigenvalue weighted by molar-refractivity contribution is 5.84. The van der Waals surface area contributed by atoms with Crippen molar-refractivity contribution in [2.75, 3.05) is 6.61 Å². The van der Waals surface area contributed by atoms with Crippen molar-refractivity contribution in [1.29, 1.82) is 0 Å². The van der Waals surface area contributed by atoms with Gasteiger partial charge in [0.05, 0.1) is 18.1 Å². The molecule has 0 amide bonds. The monoisotopic (exact) mass is 356 g/mol. The zero-order valence-electron chi connectivity index (χ0n) is 14.3. The minimum absolute atomic E-state index is 0.120. The number of carbonyl (C=O) groups excluding carboxylic acids is 2. The molecule has 2 bridgehead atoms.